The molecule has 0 aromatic rings. The first-order valence-electron chi connectivity index (χ1n) is 4.78. The second-order valence-electron chi connectivity index (χ2n) is 2.99. The maximum absolute atomic E-state index is 11.3. The summed E-state index contributed by atoms with van der Waals surface area (Å²) in [4.78, 5) is 11.3. The third kappa shape index (κ3) is 9.10. The summed E-state index contributed by atoms with van der Waals surface area (Å²) in [5.41, 5.74) is 0. The number of hydrogen-bond acceptors (Lipinski definition) is 8. The van der Waals surface area contributed by atoms with E-state index in [9.17, 15) is 9.90 Å². The third-order valence-corrected chi connectivity index (χ3v) is 2.13. The van der Waals surface area contributed by atoms with Crippen molar-refractivity contribution >= 4 is 18.0 Å². The highest BCUT2D eigenvalue weighted by Gasteiger charge is 2.18. The summed E-state index contributed by atoms with van der Waals surface area (Å²) >= 11 is 0.585. The molecule has 100 valence electrons. The van der Waals surface area contributed by atoms with Crippen molar-refractivity contribution in [3.05, 3.63) is 12.7 Å². The van der Waals surface area contributed by atoms with Crippen molar-refractivity contribution < 1.29 is 34.0 Å². The molecule has 2 atom stereocenters. The van der Waals surface area contributed by atoms with Crippen molar-refractivity contribution in [3.8, 4) is 0 Å². The summed E-state index contributed by atoms with van der Waals surface area (Å²) in [6.07, 6.45) is 0.648. The van der Waals surface area contributed by atoms with Gasteiger partial charge in [0.25, 0.3) is 0 Å². The molecular weight excluding hydrogens is 252 g/mol. The fraction of sp³-hybridized carbons (Fsp3) is 0.667. The van der Waals surface area contributed by atoms with Gasteiger partial charge >= 0.3 is 5.97 Å². The van der Waals surface area contributed by atoms with Crippen molar-refractivity contribution in [2.45, 2.75) is 18.3 Å². The fourth-order valence-electron chi connectivity index (χ4n) is 0.747. The van der Waals surface area contributed by atoms with Crippen LogP contribution >= 0.6 is 12.0 Å². The van der Waals surface area contributed by atoms with Crippen molar-refractivity contribution in [2.75, 3.05) is 19.8 Å². The first kappa shape index (κ1) is 16.4. The zero-order valence-corrected chi connectivity index (χ0v) is 10.2. The molecule has 0 aromatic heterocycles. The number of rotatable bonds is 10. The van der Waals surface area contributed by atoms with Gasteiger partial charge in [-0.2, -0.15) is 0 Å². The van der Waals surface area contributed by atoms with E-state index in [0.717, 1.165) is 0 Å². The Hall–Kier alpha value is -0.640. The largest absolute Gasteiger partial charge is 0.462 e. The zero-order valence-electron chi connectivity index (χ0n) is 9.40. The number of carbonyl (C=O) groups is 1. The van der Waals surface area contributed by atoms with Gasteiger partial charge in [0.1, 0.15) is 18.0 Å². The Morgan fingerprint density at radius 1 is 1.53 bits per heavy atom. The van der Waals surface area contributed by atoms with E-state index in [1.165, 1.54) is 6.92 Å². The average molecular weight is 268 g/mol. The molecule has 0 radical (unpaired) electrons. The van der Waals surface area contributed by atoms with Crippen LogP contribution in [0, 0.1) is 0 Å². The predicted octanol–water partition coefficient (Wildman–Crippen LogP) is 0.551. The van der Waals surface area contributed by atoms with Gasteiger partial charge in [0.15, 0.2) is 0 Å². The van der Waals surface area contributed by atoms with Crippen LogP contribution in [0.5, 0.6) is 0 Å². The van der Waals surface area contributed by atoms with Gasteiger partial charge in [-0.05, 0) is 6.92 Å². The summed E-state index contributed by atoms with van der Waals surface area (Å²) < 4.78 is 13.8. The van der Waals surface area contributed by atoms with E-state index in [2.05, 4.69) is 16.0 Å². The molecule has 8 heteroatoms. The number of aliphatic hydroxyl groups is 1. The maximum Gasteiger partial charge on any atom is 0.321 e. The Kier molecular flexibility index (Phi) is 10.1. The van der Waals surface area contributed by atoms with Gasteiger partial charge in [0.05, 0.1) is 13.2 Å². The Morgan fingerprint density at radius 3 is 2.82 bits per heavy atom. The number of carbonyl (C=O) groups excluding carboxylic acids is 1. The smallest absolute Gasteiger partial charge is 0.321 e. The maximum atomic E-state index is 11.3. The molecular formula is C9H16O7S. The van der Waals surface area contributed by atoms with Crippen LogP contribution in [0.15, 0.2) is 12.7 Å². The molecule has 0 aliphatic heterocycles. The minimum absolute atomic E-state index is 0.0527. The Bertz CT molecular complexity index is 223. The molecule has 2 unspecified atom stereocenters. The molecule has 17 heavy (non-hydrogen) atoms. The molecule has 0 saturated carbocycles. The lowest BCUT2D eigenvalue weighted by Crippen LogP contribution is -2.27. The van der Waals surface area contributed by atoms with Gasteiger partial charge in [-0.1, -0.05) is 11.1 Å². The van der Waals surface area contributed by atoms with Gasteiger partial charge in [0.2, 0.25) is 0 Å². The highest BCUT2D eigenvalue weighted by Crippen LogP contribution is 2.13. The first-order chi connectivity index (χ1) is 8.11. The number of esters is 1. The highest BCUT2D eigenvalue weighted by molar-refractivity contribution is 7.95. The van der Waals surface area contributed by atoms with Crippen LogP contribution in [-0.4, -0.2) is 47.5 Å². The van der Waals surface area contributed by atoms with E-state index in [0.29, 0.717) is 18.6 Å². The van der Waals surface area contributed by atoms with Crippen LogP contribution in [0.25, 0.3) is 0 Å². The van der Waals surface area contributed by atoms with Crippen LogP contribution in [-0.2, 0) is 23.6 Å². The van der Waals surface area contributed by atoms with Crippen LogP contribution in [0.1, 0.15) is 6.92 Å². The van der Waals surface area contributed by atoms with Crippen molar-refractivity contribution in [1.29, 1.82) is 0 Å². The molecule has 0 aromatic carbocycles. The lowest BCUT2D eigenvalue weighted by molar-refractivity contribution is -0.432. The molecule has 0 saturated heterocycles. The molecule has 0 aliphatic carbocycles. The molecule has 0 bridgehead atoms. The van der Waals surface area contributed by atoms with Gasteiger partial charge < -0.3 is 14.6 Å². The summed E-state index contributed by atoms with van der Waals surface area (Å²) in [6.45, 7) is 5.13. The minimum atomic E-state index is -0.897. The van der Waals surface area contributed by atoms with E-state index >= 15 is 0 Å². The Labute approximate surface area is 103 Å². The number of hydrogen-bond donors (Lipinski definition) is 2. The molecule has 0 rings (SSSR count). The van der Waals surface area contributed by atoms with E-state index < -0.39 is 17.3 Å². The Morgan fingerprint density at radius 2 is 2.24 bits per heavy atom. The summed E-state index contributed by atoms with van der Waals surface area (Å²) in [6, 6.07) is 0. The SMILES string of the molecule is C=CCOCC(O)COC(=O)C(C)SOOO. The number of ether oxygens (including phenoxy) is 2. The monoisotopic (exact) mass is 268 g/mol. The summed E-state index contributed by atoms with van der Waals surface area (Å²) in [5.74, 6) is -0.602. The lowest BCUT2D eigenvalue weighted by Gasteiger charge is -2.13. The molecule has 0 amide bonds. The third-order valence-electron chi connectivity index (χ3n) is 1.51. The van der Waals surface area contributed by atoms with Gasteiger partial charge in [0, 0.05) is 12.0 Å². The van der Waals surface area contributed by atoms with E-state index in [4.69, 9.17) is 14.7 Å². The van der Waals surface area contributed by atoms with Crippen LogP contribution < -0.4 is 0 Å². The van der Waals surface area contributed by atoms with Crippen molar-refractivity contribution in [3.63, 3.8) is 0 Å². The molecule has 0 aliphatic rings. The summed E-state index contributed by atoms with van der Waals surface area (Å²) in [5, 5.41) is 19.9. The van der Waals surface area contributed by atoms with Crippen molar-refractivity contribution in [2.24, 2.45) is 0 Å². The van der Waals surface area contributed by atoms with E-state index in [-0.39, 0.29) is 13.2 Å². The van der Waals surface area contributed by atoms with Crippen LogP contribution in [0.3, 0.4) is 0 Å². The van der Waals surface area contributed by atoms with Gasteiger partial charge in [-0.25, -0.2) is 5.26 Å². The fourth-order valence-corrected chi connectivity index (χ4v) is 1.05. The second-order valence-corrected chi connectivity index (χ2v) is 4.03. The highest BCUT2D eigenvalue weighted by atomic mass is 32.2. The predicted molar refractivity (Wildman–Crippen MR) is 59.8 cm³/mol. The van der Waals surface area contributed by atoms with Gasteiger partial charge in [-0.15, -0.1) is 10.9 Å². The van der Waals surface area contributed by atoms with E-state index in [1.807, 2.05) is 0 Å². The first-order valence-corrected chi connectivity index (χ1v) is 5.59. The topological polar surface area (TPSA) is 94.5 Å². The zero-order chi connectivity index (χ0) is 13.1. The van der Waals surface area contributed by atoms with Crippen LogP contribution in [0.4, 0.5) is 0 Å². The normalized spacial score (nSPS) is 14.1. The molecule has 2 N–H and O–H groups in total. The molecule has 7 nitrogen and oxygen atoms in total. The quantitative estimate of drug-likeness (QED) is 0.148. The minimum Gasteiger partial charge on any atom is -0.462 e. The second kappa shape index (κ2) is 10.5. The summed E-state index contributed by atoms with van der Waals surface area (Å²) in [7, 11) is 0. The number of aliphatic hydroxyl groups excluding tert-OH is 1. The lowest BCUT2D eigenvalue weighted by atomic mass is 10.4. The van der Waals surface area contributed by atoms with Crippen LogP contribution in [0.2, 0.25) is 0 Å². The average Bonchev–Trinajstić information content (AvgIpc) is 2.33. The Balaban J connectivity index is 3.63. The molecule has 0 spiro atoms. The molecule has 0 fully saturated rings. The van der Waals surface area contributed by atoms with Crippen molar-refractivity contribution in [1.82, 2.24) is 0 Å². The van der Waals surface area contributed by atoms with Gasteiger partial charge in [-0.3, -0.25) is 4.79 Å². The standard InChI is InChI=1S/C9H16O7S/c1-3-4-13-5-8(10)6-14-9(11)7(2)17-16-15-12/h3,7-8,10,12H,1,4-6H2,2H3. The molecule has 0 heterocycles. The van der Waals surface area contributed by atoms with E-state index in [1.54, 1.807) is 6.08 Å².